The van der Waals surface area contributed by atoms with Crippen LogP contribution in [0.4, 0.5) is 0 Å². The molecule has 0 bridgehead atoms. The minimum Gasteiger partial charge on any atom is -0.434 e. The van der Waals surface area contributed by atoms with Crippen LogP contribution >= 0.6 is 0 Å². The van der Waals surface area contributed by atoms with Crippen LogP contribution in [0, 0.1) is 0 Å². The third-order valence-corrected chi connectivity index (χ3v) is 6.83. The molecule has 0 radical (unpaired) electrons. The van der Waals surface area contributed by atoms with Crippen LogP contribution in [-0.4, -0.2) is 49.0 Å². The van der Waals surface area contributed by atoms with Gasteiger partial charge in [-0.1, -0.05) is 69.7 Å². The standard InChI is InChI=1S/C25H31N3O5S/c1-4-10-20(23(29)25-28-19-13-8-9-14-22(19)33-25)27-24(30)21(26-17(2)3)16-34(31,32)15-18-11-6-5-7-12-18/h5-9,11-14,17,20-21,26H,4,10,15-16H2,1-3H3,(H,27,30)/t20-,21+/m1/s1. The van der Waals surface area contributed by atoms with Crippen LogP contribution in [0.5, 0.6) is 0 Å². The number of rotatable bonds is 12. The molecule has 3 rings (SSSR count). The molecule has 0 spiro atoms. The topological polar surface area (TPSA) is 118 Å². The maximum atomic E-state index is 13.2. The van der Waals surface area contributed by atoms with Gasteiger partial charge in [0, 0.05) is 6.04 Å². The van der Waals surface area contributed by atoms with E-state index in [9.17, 15) is 18.0 Å². The molecule has 0 aliphatic heterocycles. The molecular weight excluding hydrogens is 454 g/mol. The number of nitrogens with one attached hydrogen (secondary N) is 2. The monoisotopic (exact) mass is 485 g/mol. The van der Waals surface area contributed by atoms with Crippen molar-refractivity contribution < 1.29 is 22.4 Å². The zero-order valence-corrected chi connectivity index (χ0v) is 20.5. The van der Waals surface area contributed by atoms with Gasteiger partial charge in [0.05, 0.1) is 17.5 Å². The van der Waals surface area contributed by atoms with Crippen LogP contribution in [0.2, 0.25) is 0 Å². The first-order valence-electron chi connectivity index (χ1n) is 11.4. The first kappa shape index (κ1) is 25.6. The average molecular weight is 486 g/mol. The van der Waals surface area contributed by atoms with E-state index in [0.717, 1.165) is 0 Å². The summed E-state index contributed by atoms with van der Waals surface area (Å²) in [5.41, 5.74) is 1.69. The summed E-state index contributed by atoms with van der Waals surface area (Å²) in [7, 11) is -3.60. The van der Waals surface area contributed by atoms with Crippen LogP contribution in [0.1, 0.15) is 49.9 Å². The Labute approximate surface area is 200 Å². The SMILES string of the molecule is CCC[C@@H](NC(=O)[C@H](CS(=O)(=O)Cc1ccccc1)NC(C)C)C(=O)c1nc2ccccc2o1. The molecule has 0 fully saturated rings. The lowest BCUT2D eigenvalue weighted by molar-refractivity contribution is -0.123. The van der Waals surface area contributed by atoms with Gasteiger partial charge in [-0.3, -0.25) is 9.59 Å². The van der Waals surface area contributed by atoms with E-state index in [1.165, 1.54) is 0 Å². The summed E-state index contributed by atoms with van der Waals surface area (Å²) in [6.45, 7) is 5.56. The van der Waals surface area contributed by atoms with Crippen molar-refractivity contribution >= 4 is 32.6 Å². The van der Waals surface area contributed by atoms with Gasteiger partial charge in [-0.25, -0.2) is 13.4 Å². The van der Waals surface area contributed by atoms with Gasteiger partial charge in [0.2, 0.25) is 11.7 Å². The van der Waals surface area contributed by atoms with Crippen LogP contribution < -0.4 is 10.6 Å². The zero-order valence-electron chi connectivity index (χ0n) is 19.7. The Morgan fingerprint density at radius 2 is 1.68 bits per heavy atom. The number of amides is 1. The van der Waals surface area contributed by atoms with Gasteiger partial charge in [-0.05, 0) is 24.1 Å². The number of aromatic nitrogens is 1. The summed E-state index contributed by atoms with van der Waals surface area (Å²) in [4.78, 5) is 30.5. The van der Waals surface area contributed by atoms with E-state index >= 15 is 0 Å². The molecule has 1 heterocycles. The van der Waals surface area contributed by atoms with E-state index in [1.807, 2.05) is 26.8 Å². The second-order valence-corrected chi connectivity index (χ2v) is 10.7. The van der Waals surface area contributed by atoms with Gasteiger partial charge < -0.3 is 15.1 Å². The summed E-state index contributed by atoms with van der Waals surface area (Å²) in [6, 6.07) is 13.8. The van der Waals surface area contributed by atoms with Crippen LogP contribution in [0.3, 0.4) is 0 Å². The molecule has 0 saturated heterocycles. The van der Waals surface area contributed by atoms with Crippen molar-refractivity contribution in [3.8, 4) is 0 Å². The summed E-state index contributed by atoms with van der Waals surface area (Å²) >= 11 is 0. The Balaban J connectivity index is 1.76. The Bertz CT molecular complexity index is 1190. The van der Waals surface area contributed by atoms with Crippen molar-refractivity contribution in [1.82, 2.24) is 15.6 Å². The highest BCUT2D eigenvalue weighted by Gasteiger charge is 2.31. The summed E-state index contributed by atoms with van der Waals surface area (Å²) < 4.78 is 31.3. The molecule has 0 aliphatic rings. The molecule has 1 aromatic heterocycles. The minimum atomic E-state index is -3.60. The van der Waals surface area contributed by atoms with Gasteiger partial charge in [0.25, 0.3) is 5.89 Å². The third kappa shape index (κ3) is 6.98. The van der Waals surface area contributed by atoms with Crippen LogP contribution in [0.15, 0.2) is 59.0 Å². The second kappa shape index (κ2) is 11.4. The maximum absolute atomic E-state index is 13.2. The number of benzene rings is 2. The van der Waals surface area contributed by atoms with E-state index < -0.39 is 33.6 Å². The fourth-order valence-corrected chi connectivity index (χ4v) is 5.27. The number of hydrogen-bond donors (Lipinski definition) is 2. The molecule has 182 valence electrons. The molecule has 9 heteroatoms. The molecule has 1 amide bonds. The lowest BCUT2D eigenvalue weighted by Gasteiger charge is -2.23. The highest BCUT2D eigenvalue weighted by Crippen LogP contribution is 2.17. The van der Waals surface area contributed by atoms with E-state index in [-0.39, 0.29) is 23.4 Å². The highest BCUT2D eigenvalue weighted by molar-refractivity contribution is 7.90. The normalized spacial score (nSPS) is 13.6. The fourth-order valence-electron chi connectivity index (χ4n) is 3.70. The second-order valence-electron chi connectivity index (χ2n) is 8.61. The van der Waals surface area contributed by atoms with Crippen molar-refractivity contribution in [3.05, 3.63) is 66.1 Å². The molecule has 0 saturated carbocycles. The quantitative estimate of drug-likeness (QED) is 0.378. The van der Waals surface area contributed by atoms with Gasteiger partial charge in [0.15, 0.2) is 15.4 Å². The van der Waals surface area contributed by atoms with E-state index in [0.29, 0.717) is 29.5 Å². The first-order chi connectivity index (χ1) is 16.2. The van der Waals surface area contributed by atoms with E-state index in [4.69, 9.17) is 4.42 Å². The number of ketones is 1. The first-order valence-corrected chi connectivity index (χ1v) is 13.2. The Kier molecular flexibility index (Phi) is 8.57. The number of nitrogens with zero attached hydrogens (tertiary/aromatic N) is 1. The Morgan fingerprint density at radius 3 is 2.32 bits per heavy atom. The van der Waals surface area contributed by atoms with Crippen molar-refractivity contribution in [3.63, 3.8) is 0 Å². The third-order valence-electron chi connectivity index (χ3n) is 5.22. The number of sulfone groups is 1. The lowest BCUT2D eigenvalue weighted by atomic mass is 10.1. The van der Waals surface area contributed by atoms with Crippen molar-refractivity contribution in [2.45, 2.75) is 57.5 Å². The van der Waals surface area contributed by atoms with Crippen molar-refractivity contribution in [2.24, 2.45) is 0 Å². The number of carbonyl (C=O) groups is 2. The summed E-state index contributed by atoms with van der Waals surface area (Å²) in [5.74, 6) is -1.63. The molecule has 2 N–H and O–H groups in total. The minimum absolute atomic E-state index is 0.0787. The number of Topliss-reactive ketones (excluding diaryl/α,β-unsaturated/α-hetero) is 1. The zero-order chi connectivity index (χ0) is 24.7. The van der Waals surface area contributed by atoms with Crippen molar-refractivity contribution in [2.75, 3.05) is 5.75 Å². The van der Waals surface area contributed by atoms with Crippen LogP contribution in [-0.2, 0) is 20.4 Å². The Morgan fingerprint density at radius 1 is 1.00 bits per heavy atom. The molecule has 2 aromatic carbocycles. The summed E-state index contributed by atoms with van der Waals surface area (Å²) in [5, 5.41) is 5.76. The van der Waals surface area contributed by atoms with Gasteiger partial charge >= 0.3 is 0 Å². The molecule has 3 aromatic rings. The highest BCUT2D eigenvalue weighted by atomic mass is 32.2. The Hall–Kier alpha value is -3.04. The number of fused-ring (bicyclic) bond motifs is 1. The van der Waals surface area contributed by atoms with E-state index in [2.05, 4.69) is 15.6 Å². The average Bonchev–Trinajstić information content (AvgIpc) is 3.22. The van der Waals surface area contributed by atoms with Crippen molar-refractivity contribution in [1.29, 1.82) is 0 Å². The molecular formula is C25H31N3O5S. The molecule has 0 aliphatic carbocycles. The lowest BCUT2D eigenvalue weighted by Crippen LogP contribution is -2.54. The maximum Gasteiger partial charge on any atom is 0.266 e. The number of carbonyl (C=O) groups excluding carboxylic acids is 2. The molecule has 2 atom stereocenters. The van der Waals surface area contributed by atoms with Crippen LogP contribution in [0.25, 0.3) is 11.1 Å². The predicted molar refractivity (Wildman–Crippen MR) is 131 cm³/mol. The van der Waals surface area contributed by atoms with E-state index in [1.54, 1.807) is 48.5 Å². The number of para-hydroxylation sites is 2. The van der Waals surface area contributed by atoms with Gasteiger partial charge in [-0.2, -0.15) is 0 Å². The molecule has 0 unspecified atom stereocenters. The molecule has 8 nitrogen and oxygen atoms in total. The largest absolute Gasteiger partial charge is 0.434 e. The van der Waals surface area contributed by atoms with Gasteiger partial charge in [-0.15, -0.1) is 0 Å². The number of oxazole rings is 1. The number of hydrogen-bond acceptors (Lipinski definition) is 7. The fraction of sp³-hybridized carbons (Fsp3) is 0.400. The van der Waals surface area contributed by atoms with Gasteiger partial charge in [0.1, 0.15) is 11.6 Å². The summed E-state index contributed by atoms with van der Waals surface area (Å²) in [6.07, 6.45) is 1.000. The predicted octanol–water partition coefficient (Wildman–Crippen LogP) is 3.28. The molecule has 34 heavy (non-hydrogen) atoms. The smallest absolute Gasteiger partial charge is 0.266 e.